The first kappa shape index (κ1) is 15.4. The number of hydrogen-bond acceptors (Lipinski definition) is 3. The smallest absolute Gasteiger partial charge is 0.416 e. The molecule has 2 aromatic rings. The SMILES string of the molecule is Cc1cc(Oc2cc(C(F)(F)F)cc(Cl)n2)c(C)cc1N. The van der Waals surface area contributed by atoms with E-state index in [1.54, 1.807) is 26.0 Å². The summed E-state index contributed by atoms with van der Waals surface area (Å²) in [6.45, 7) is 3.51. The van der Waals surface area contributed by atoms with E-state index < -0.39 is 11.7 Å². The first-order valence-electron chi connectivity index (χ1n) is 5.96. The third-order valence-electron chi connectivity index (χ3n) is 2.88. The van der Waals surface area contributed by atoms with Gasteiger partial charge >= 0.3 is 6.18 Å². The van der Waals surface area contributed by atoms with E-state index in [4.69, 9.17) is 22.1 Å². The van der Waals surface area contributed by atoms with E-state index in [2.05, 4.69) is 4.98 Å². The number of anilines is 1. The second kappa shape index (κ2) is 5.44. The number of alkyl halides is 3. The molecular formula is C14H12ClF3N2O. The fourth-order valence-corrected chi connectivity index (χ4v) is 1.92. The molecule has 2 rings (SSSR count). The Morgan fingerprint density at radius 2 is 1.76 bits per heavy atom. The maximum atomic E-state index is 12.7. The summed E-state index contributed by atoms with van der Waals surface area (Å²) in [7, 11) is 0. The molecule has 0 saturated carbocycles. The molecule has 0 aliphatic rings. The van der Waals surface area contributed by atoms with Crippen molar-refractivity contribution < 1.29 is 17.9 Å². The molecule has 1 aromatic carbocycles. The number of aryl methyl sites for hydroxylation is 2. The van der Waals surface area contributed by atoms with Gasteiger partial charge in [-0.3, -0.25) is 0 Å². The van der Waals surface area contributed by atoms with Crippen molar-refractivity contribution in [3.05, 3.63) is 46.1 Å². The van der Waals surface area contributed by atoms with Crippen LogP contribution in [0.2, 0.25) is 5.15 Å². The number of nitrogen functional groups attached to an aromatic ring is 1. The lowest BCUT2D eigenvalue weighted by molar-refractivity contribution is -0.137. The number of aromatic nitrogens is 1. The van der Waals surface area contributed by atoms with E-state index in [0.717, 1.165) is 17.7 Å². The average Bonchev–Trinajstić information content (AvgIpc) is 2.34. The van der Waals surface area contributed by atoms with Crippen molar-refractivity contribution in [2.75, 3.05) is 5.73 Å². The molecule has 21 heavy (non-hydrogen) atoms. The number of nitrogens with two attached hydrogens (primary N) is 1. The molecule has 0 spiro atoms. The molecule has 0 radical (unpaired) electrons. The minimum Gasteiger partial charge on any atom is -0.439 e. The van der Waals surface area contributed by atoms with Crippen molar-refractivity contribution in [3.8, 4) is 11.6 Å². The molecule has 3 nitrogen and oxygen atoms in total. The Hall–Kier alpha value is -1.95. The average molecular weight is 317 g/mol. The van der Waals surface area contributed by atoms with Gasteiger partial charge in [0.05, 0.1) is 5.56 Å². The van der Waals surface area contributed by atoms with Crippen molar-refractivity contribution in [1.29, 1.82) is 0 Å². The molecule has 1 heterocycles. The predicted octanol–water partition coefficient (Wildman–Crippen LogP) is 4.75. The molecular weight excluding hydrogens is 305 g/mol. The van der Waals surface area contributed by atoms with Crippen molar-refractivity contribution >= 4 is 17.3 Å². The summed E-state index contributed by atoms with van der Waals surface area (Å²) < 4.78 is 43.6. The molecule has 0 unspecified atom stereocenters. The van der Waals surface area contributed by atoms with Crippen molar-refractivity contribution in [1.82, 2.24) is 4.98 Å². The number of rotatable bonds is 2. The highest BCUT2D eigenvalue weighted by molar-refractivity contribution is 6.29. The van der Waals surface area contributed by atoms with Gasteiger partial charge in [0.1, 0.15) is 10.9 Å². The van der Waals surface area contributed by atoms with Crippen molar-refractivity contribution in [3.63, 3.8) is 0 Å². The quantitative estimate of drug-likeness (QED) is 0.642. The van der Waals surface area contributed by atoms with Crippen LogP contribution in [0.5, 0.6) is 11.6 Å². The van der Waals surface area contributed by atoms with Crippen LogP contribution in [0.4, 0.5) is 18.9 Å². The van der Waals surface area contributed by atoms with Gasteiger partial charge in [0.25, 0.3) is 0 Å². The Balaban J connectivity index is 2.40. The molecule has 0 aliphatic carbocycles. The molecule has 0 bridgehead atoms. The van der Waals surface area contributed by atoms with Crippen LogP contribution in [-0.2, 0) is 6.18 Å². The maximum Gasteiger partial charge on any atom is 0.416 e. The fraction of sp³-hybridized carbons (Fsp3) is 0.214. The third kappa shape index (κ3) is 3.58. The van der Waals surface area contributed by atoms with Gasteiger partial charge in [0, 0.05) is 11.8 Å². The van der Waals surface area contributed by atoms with Crippen molar-refractivity contribution in [2.24, 2.45) is 0 Å². The first-order chi connectivity index (χ1) is 9.66. The zero-order valence-electron chi connectivity index (χ0n) is 11.3. The molecule has 2 N–H and O–H groups in total. The first-order valence-corrected chi connectivity index (χ1v) is 6.34. The Morgan fingerprint density at radius 1 is 1.10 bits per heavy atom. The third-order valence-corrected chi connectivity index (χ3v) is 3.07. The number of hydrogen-bond donors (Lipinski definition) is 1. The fourth-order valence-electron chi connectivity index (χ4n) is 1.72. The number of pyridine rings is 1. The lowest BCUT2D eigenvalue weighted by Gasteiger charge is -2.13. The highest BCUT2D eigenvalue weighted by Gasteiger charge is 2.32. The van der Waals surface area contributed by atoms with E-state index in [-0.39, 0.29) is 11.0 Å². The van der Waals surface area contributed by atoms with Crippen LogP contribution in [0.1, 0.15) is 16.7 Å². The molecule has 7 heteroatoms. The van der Waals surface area contributed by atoms with Crippen LogP contribution in [0, 0.1) is 13.8 Å². The monoisotopic (exact) mass is 316 g/mol. The van der Waals surface area contributed by atoms with E-state index in [0.29, 0.717) is 17.0 Å². The van der Waals surface area contributed by atoms with Crippen LogP contribution in [-0.4, -0.2) is 4.98 Å². The lowest BCUT2D eigenvalue weighted by atomic mass is 10.1. The standard InChI is InChI=1S/C14H12ClF3N2O/c1-7-4-11(8(2)3-10(7)19)21-13-6-9(14(16,17)18)5-12(15)20-13/h3-6H,19H2,1-2H3. The topological polar surface area (TPSA) is 48.1 Å². The molecule has 112 valence electrons. The number of halogens is 4. The summed E-state index contributed by atoms with van der Waals surface area (Å²) in [4.78, 5) is 3.75. The van der Waals surface area contributed by atoms with Gasteiger partial charge in [-0.15, -0.1) is 0 Å². The summed E-state index contributed by atoms with van der Waals surface area (Å²) in [5.74, 6) is 0.159. The van der Waals surface area contributed by atoms with E-state index >= 15 is 0 Å². The summed E-state index contributed by atoms with van der Waals surface area (Å²) >= 11 is 5.61. The van der Waals surface area contributed by atoms with Gasteiger partial charge in [-0.25, -0.2) is 4.98 Å². The van der Waals surface area contributed by atoms with Gasteiger partial charge in [-0.05, 0) is 43.2 Å². The second-order valence-corrected chi connectivity index (χ2v) is 4.98. The zero-order valence-corrected chi connectivity index (χ0v) is 12.0. The van der Waals surface area contributed by atoms with Gasteiger partial charge < -0.3 is 10.5 Å². The maximum absolute atomic E-state index is 12.7. The zero-order chi connectivity index (χ0) is 15.8. The van der Waals surface area contributed by atoms with Gasteiger partial charge in [0.2, 0.25) is 5.88 Å². The minimum atomic E-state index is -4.52. The van der Waals surface area contributed by atoms with Gasteiger partial charge in [0.15, 0.2) is 0 Å². The largest absolute Gasteiger partial charge is 0.439 e. The number of benzene rings is 1. The van der Waals surface area contributed by atoms with E-state index in [1.165, 1.54) is 0 Å². The van der Waals surface area contributed by atoms with Gasteiger partial charge in [-0.1, -0.05) is 11.6 Å². The molecule has 1 aromatic heterocycles. The Kier molecular flexibility index (Phi) is 4.00. The second-order valence-electron chi connectivity index (χ2n) is 4.59. The molecule has 0 aliphatic heterocycles. The Labute approximate surface area is 124 Å². The normalized spacial score (nSPS) is 11.5. The van der Waals surface area contributed by atoms with Crippen LogP contribution in [0.15, 0.2) is 24.3 Å². The Morgan fingerprint density at radius 3 is 2.38 bits per heavy atom. The molecule has 0 fully saturated rings. The van der Waals surface area contributed by atoms with Crippen molar-refractivity contribution in [2.45, 2.75) is 20.0 Å². The number of ether oxygens (including phenoxy) is 1. The molecule has 0 atom stereocenters. The summed E-state index contributed by atoms with van der Waals surface area (Å²) in [6, 6.07) is 4.87. The van der Waals surface area contributed by atoms with Crippen LogP contribution < -0.4 is 10.5 Å². The summed E-state index contributed by atoms with van der Waals surface area (Å²) in [5, 5.41) is -0.287. The summed E-state index contributed by atoms with van der Waals surface area (Å²) in [5.41, 5.74) is 6.86. The Bertz CT molecular complexity index is 687. The molecule has 0 amide bonds. The van der Waals surface area contributed by atoms with Crippen LogP contribution >= 0.6 is 11.6 Å². The molecule has 0 saturated heterocycles. The van der Waals surface area contributed by atoms with E-state index in [1.807, 2.05) is 0 Å². The van der Waals surface area contributed by atoms with Gasteiger partial charge in [-0.2, -0.15) is 13.2 Å². The lowest BCUT2D eigenvalue weighted by Crippen LogP contribution is -2.06. The summed E-state index contributed by atoms with van der Waals surface area (Å²) in [6.07, 6.45) is -4.52. The predicted molar refractivity (Wildman–Crippen MR) is 74.7 cm³/mol. The van der Waals surface area contributed by atoms with Crippen LogP contribution in [0.3, 0.4) is 0 Å². The minimum absolute atomic E-state index is 0.220. The highest BCUT2D eigenvalue weighted by Crippen LogP contribution is 2.34. The van der Waals surface area contributed by atoms with E-state index in [9.17, 15) is 13.2 Å². The van der Waals surface area contributed by atoms with Crippen LogP contribution in [0.25, 0.3) is 0 Å². The highest BCUT2D eigenvalue weighted by atomic mass is 35.5. The number of nitrogens with zero attached hydrogens (tertiary/aromatic N) is 1.